The molecule has 2 aromatic rings. The predicted octanol–water partition coefficient (Wildman–Crippen LogP) is 2.70. The minimum Gasteiger partial charge on any atom is -0.497 e. The fraction of sp³-hybridized carbons (Fsp3) is 0.200. The Morgan fingerprint density at radius 3 is 2.39 bits per heavy atom. The lowest BCUT2D eigenvalue weighted by Gasteiger charge is -2.07. The van der Waals surface area contributed by atoms with Gasteiger partial charge in [0.2, 0.25) is 0 Å². The lowest BCUT2D eigenvalue weighted by Crippen LogP contribution is -2.10. The number of ether oxygens (including phenoxy) is 2. The van der Waals surface area contributed by atoms with E-state index in [0.717, 1.165) is 22.6 Å². The van der Waals surface area contributed by atoms with Gasteiger partial charge in [0.05, 0.1) is 7.11 Å². The van der Waals surface area contributed by atoms with E-state index in [2.05, 4.69) is 6.07 Å². The number of methoxy groups -OCH3 is 1. The van der Waals surface area contributed by atoms with Crippen LogP contribution in [-0.2, 0) is 0 Å². The molecule has 0 atom stereocenters. The highest BCUT2D eigenvalue weighted by Crippen LogP contribution is 2.25. The van der Waals surface area contributed by atoms with Crippen LogP contribution in [0.15, 0.2) is 48.5 Å². The van der Waals surface area contributed by atoms with Crippen LogP contribution in [0.3, 0.4) is 0 Å². The van der Waals surface area contributed by atoms with E-state index in [1.54, 1.807) is 7.11 Å². The number of hydrogen-bond donors (Lipinski definition) is 1. The van der Waals surface area contributed by atoms with Crippen LogP contribution in [0.1, 0.15) is 0 Å². The first kappa shape index (κ1) is 12.5. The Labute approximate surface area is 107 Å². The van der Waals surface area contributed by atoms with Crippen molar-refractivity contribution < 1.29 is 9.47 Å². The van der Waals surface area contributed by atoms with Crippen molar-refractivity contribution in [3.63, 3.8) is 0 Å². The van der Waals surface area contributed by atoms with Crippen molar-refractivity contribution >= 4 is 0 Å². The average molecular weight is 243 g/mol. The minimum atomic E-state index is 0.525. The van der Waals surface area contributed by atoms with Crippen LogP contribution >= 0.6 is 0 Å². The molecule has 0 saturated heterocycles. The largest absolute Gasteiger partial charge is 0.497 e. The van der Waals surface area contributed by atoms with Gasteiger partial charge in [0.15, 0.2) is 0 Å². The van der Waals surface area contributed by atoms with Gasteiger partial charge in [-0.15, -0.1) is 0 Å². The molecule has 0 saturated carbocycles. The summed E-state index contributed by atoms with van der Waals surface area (Å²) in [7, 11) is 1.67. The molecule has 0 radical (unpaired) electrons. The molecule has 0 aromatic heterocycles. The normalized spacial score (nSPS) is 10.1. The summed E-state index contributed by atoms with van der Waals surface area (Å²) in [6, 6.07) is 15.9. The lowest BCUT2D eigenvalue weighted by molar-refractivity contribution is 0.328. The quantitative estimate of drug-likeness (QED) is 0.878. The maximum Gasteiger partial charge on any atom is 0.119 e. The van der Waals surface area contributed by atoms with Crippen LogP contribution in [-0.4, -0.2) is 20.3 Å². The van der Waals surface area contributed by atoms with E-state index >= 15 is 0 Å². The van der Waals surface area contributed by atoms with Gasteiger partial charge in [-0.1, -0.05) is 24.3 Å². The van der Waals surface area contributed by atoms with E-state index in [-0.39, 0.29) is 0 Å². The summed E-state index contributed by atoms with van der Waals surface area (Å²) < 4.78 is 10.7. The topological polar surface area (TPSA) is 44.5 Å². The second kappa shape index (κ2) is 6.07. The van der Waals surface area contributed by atoms with E-state index in [1.165, 1.54) is 0 Å². The Kier molecular flexibility index (Phi) is 4.20. The lowest BCUT2D eigenvalue weighted by atomic mass is 10.1. The highest BCUT2D eigenvalue weighted by Gasteiger charge is 2.00. The molecule has 0 aliphatic carbocycles. The summed E-state index contributed by atoms with van der Waals surface area (Å²) in [5, 5.41) is 0. The molecule has 2 rings (SSSR count). The third-order valence-corrected chi connectivity index (χ3v) is 2.64. The molecule has 3 heteroatoms. The van der Waals surface area contributed by atoms with Crippen LogP contribution in [0.4, 0.5) is 0 Å². The SMILES string of the molecule is COc1cccc(-c2ccc(OCCN)cc2)c1. The molecular weight excluding hydrogens is 226 g/mol. The maximum absolute atomic E-state index is 5.44. The van der Waals surface area contributed by atoms with E-state index < -0.39 is 0 Å². The summed E-state index contributed by atoms with van der Waals surface area (Å²) in [4.78, 5) is 0. The molecule has 0 fully saturated rings. The average Bonchev–Trinajstić information content (AvgIpc) is 2.46. The Morgan fingerprint density at radius 1 is 0.944 bits per heavy atom. The van der Waals surface area contributed by atoms with Crippen LogP contribution < -0.4 is 15.2 Å². The zero-order chi connectivity index (χ0) is 12.8. The number of hydrogen-bond acceptors (Lipinski definition) is 3. The van der Waals surface area contributed by atoms with Crippen molar-refractivity contribution in [2.24, 2.45) is 5.73 Å². The number of rotatable bonds is 5. The highest BCUT2D eigenvalue weighted by atomic mass is 16.5. The van der Waals surface area contributed by atoms with Crippen molar-refractivity contribution in [3.05, 3.63) is 48.5 Å². The van der Waals surface area contributed by atoms with Gasteiger partial charge < -0.3 is 15.2 Å². The zero-order valence-corrected chi connectivity index (χ0v) is 10.4. The first-order valence-corrected chi connectivity index (χ1v) is 5.91. The van der Waals surface area contributed by atoms with Crippen molar-refractivity contribution in [1.29, 1.82) is 0 Å². The maximum atomic E-state index is 5.44. The van der Waals surface area contributed by atoms with Crippen LogP contribution in [0.5, 0.6) is 11.5 Å². The van der Waals surface area contributed by atoms with Crippen molar-refractivity contribution in [2.45, 2.75) is 0 Å². The third-order valence-electron chi connectivity index (χ3n) is 2.64. The molecule has 0 spiro atoms. The Hall–Kier alpha value is -2.00. The Bertz CT molecular complexity index is 494. The van der Waals surface area contributed by atoms with Gasteiger partial charge in [0.1, 0.15) is 18.1 Å². The predicted molar refractivity (Wildman–Crippen MR) is 73.0 cm³/mol. The fourth-order valence-corrected chi connectivity index (χ4v) is 1.72. The zero-order valence-electron chi connectivity index (χ0n) is 10.4. The van der Waals surface area contributed by atoms with Crippen LogP contribution in [0, 0.1) is 0 Å². The number of benzene rings is 2. The van der Waals surface area contributed by atoms with Gasteiger partial charge in [-0.05, 0) is 35.4 Å². The summed E-state index contributed by atoms with van der Waals surface area (Å²) in [5.74, 6) is 1.70. The molecule has 94 valence electrons. The van der Waals surface area contributed by atoms with Gasteiger partial charge >= 0.3 is 0 Å². The Balaban J connectivity index is 2.17. The molecule has 3 nitrogen and oxygen atoms in total. The molecule has 0 aliphatic heterocycles. The number of nitrogens with two attached hydrogens (primary N) is 1. The van der Waals surface area contributed by atoms with Crippen molar-refractivity contribution in [2.75, 3.05) is 20.3 Å². The first-order valence-electron chi connectivity index (χ1n) is 5.91. The van der Waals surface area contributed by atoms with E-state index in [9.17, 15) is 0 Å². The molecule has 0 heterocycles. The monoisotopic (exact) mass is 243 g/mol. The molecule has 2 N–H and O–H groups in total. The summed E-state index contributed by atoms with van der Waals surface area (Å²) in [5.41, 5.74) is 7.65. The molecule has 0 unspecified atom stereocenters. The molecule has 18 heavy (non-hydrogen) atoms. The molecular formula is C15H17NO2. The molecule has 0 amide bonds. The van der Waals surface area contributed by atoms with E-state index in [0.29, 0.717) is 13.2 Å². The van der Waals surface area contributed by atoms with Gasteiger partial charge in [-0.2, -0.15) is 0 Å². The second-order valence-corrected chi connectivity index (χ2v) is 3.89. The third kappa shape index (κ3) is 3.02. The smallest absolute Gasteiger partial charge is 0.119 e. The summed E-state index contributed by atoms with van der Waals surface area (Å²) in [6.45, 7) is 1.07. The highest BCUT2D eigenvalue weighted by molar-refractivity contribution is 5.65. The van der Waals surface area contributed by atoms with Crippen molar-refractivity contribution in [1.82, 2.24) is 0 Å². The summed E-state index contributed by atoms with van der Waals surface area (Å²) >= 11 is 0. The second-order valence-electron chi connectivity index (χ2n) is 3.89. The first-order chi connectivity index (χ1) is 8.83. The van der Waals surface area contributed by atoms with E-state index in [1.807, 2.05) is 42.5 Å². The minimum absolute atomic E-state index is 0.525. The standard InChI is InChI=1S/C15H17NO2/c1-17-15-4-2-3-13(11-15)12-5-7-14(8-6-12)18-10-9-16/h2-8,11H,9-10,16H2,1H3. The van der Waals surface area contributed by atoms with Crippen LogP contribution in [0.2, 0.25) is 0 Å². The van der Waals surface area contributed by atoms with Gasteiger partial charge in [0.25, 0.3) is 0 Å². The van der Waals surface area contributed by atoms with Gasteiger partial charge in [0, 0.05) is 6.54 Å². The van der Waals surface area contributed by atoms with Crippen LogP contribution in [0.25, 0.3) is 11.1 Å². The summed E-state index contributed by atoms with van der Waals surface area (Å²) in [6.07, 6.45) is 0. The Morgan fingerprint density at radius 2 is 1.72 bits per heavy atom. The molecule has 0 bridgehead atoms. The molecule has 2 aromatic carbocycles. The fourth-order valence-electron chi connectivity index (χ4n) is 1.72. The molecule has 0 aliphatic rings. The van der Waals surface area contributed by atoms with Gasteiger partial charge in [-0.3, -0.25) is 0 Å². The van der Waals surface area contributed by atoms with E-state index in [4.69, 9.17) is 15.2 Å². The van der Waals surface area contributed by atoms with Gasteiger partial charge in [-0.25, -0.2) is 0 Å². The van der Waals surface area contributed by atoms with Crippen molar-refractivity contribution in [3.8, 4) is 22.6 Å².